The topological polar surface area (TPSA) is 18.5 Å². The van der Waals surface area contributed by atoms with Gasteiger partial charge in [-0.25, -0.2) is 0 Å². The Labute approximate surface area is 162 Å². The summed E-state index contributed by atoms with van der Waals surface area (Å²) in [7, 11) is 0. The molecule has 1 aliphatic heterocycles. The van der Waals surface area contributed by atoms with Crippen molar-refractivity contribution in [2.45, 2.75) is 123 Å². The number of thioether (sulfide) groups is 1. The van der Waals surface area contributed by atoms with Crippen LogP contribution < -0.4 is 0 Å². The fraction of sp³-hybridized carbons (Fsp3) is 1.00. The van der Waals surface area contributed by atoms with Crippen molar-refractivity contribution in [3.05, 3.63) is 0 Å². The molecule has 0 aromatic heterocycles. The molecule has 0 radical (unpaired) electrons. The predicted molar refractivity (Wildman–Crippen MR) is 113 cm³/mol. The largest absolute Gasteiger partial charge is 0.348 e. The molecule has 0 N–H and O–H groups in total. The van der Waals surface area contributed by atoms with E-state index in [2.05, 4.69) is 6.92 Å². The lowest BCUT2D eigenvalue weighted by molar-refractivity contribution is -0.135. The Balaban J connectivity index is 1.70. The van der Waals surface area contributed by atoms with Crippen LogP contribution in [0, 0.1) is 0 Å². The zero-order chi connectivity index (χ0) is 18.2. The summed E-state index contributed by atoms with van der Waals surface area (Å²) in [4.78, 5) is 0. The third-order valence-corrected chi connectivity index (χ3v) is 6.20. The van der Waals surface area contributed by atoms with E-state index in [-0.39, 0.29) is 5.79 Å². The van der Waals surface area contributed by atoms with Crippen molar-refractivity contribution in [2.24, 2.45) is 0 Å². The van der Waals surface area contributed by atoms with Gasteiger partial charge in [0.15, 0.2) is 5.79 Å². The molecular weight excluding hydrogens is 328 g/mol. The van der Waals surface area contributed by atoms with Crippen LogP contribution >= 0.6 is 11.8 Å². The predicted octanol–water partition coefficient (Wildman–Crippen LogP) is 7.35. The minimum Gasteiger partial charge on any atom is -0.348 e. The average Bonchev–Trinajstić information content (AvgIpc) is 2.93. The molecule has 1 saturated heterocycles. The number of hydrogen-bond acceptors (Lipinski definition) is 3. The summed E-state index contributed by atoms with van der Waals surface area (Å²) < 4.78 is 11.4. The van der Waals surface area contributed by atoms with Crippen LogP contribution in [0.3, 0.4) is 0 Å². The number of ether oxygens (including phenoxy) is 2. The monoisotopic (exact) mass is 372 g/mol. The van der Waals surface area contributed by atoms with E-state index in [9.17, 15) is 0 Å². The average molecular weight is 373 g/mol. The van der Waals surface area contributed by atoms with Gasteiger partial charge in [0.25, 0.3) is 0 Å². The van der Waals surface area contributed by atoms with Gasteiger partial charge in [0.05, 0.1) is 12.7 Å². The van der Waals surface area contributed by atoms with Gasteiger partial charge in [-0.2, -0.15) is 11.8 Å². The molecule has 2 nitrogen and oxygen atoms in total. The zero-order valence-electron chi connectivity index (χ0n) is 17.3. The van der Waals surface area contributed by atoms with Gasteiger partial charge >= 0.3 is 0 Å². The first-order chi connectivity index (χ1) is 12.1. The van der Waals surface area contributed by atoms with E-state index in [1.807, 2.05) is 25.6 Å². The van der Waals surface area contributed by atoms with E-state index >= 15 is 0 Å². The molecule has 0 spiro atoms. The Morgan fingerprint density at radius 1 is 0.760 bits per heavy atom. The molecule has 0 aliphatic carbocycles. The van der Waals surface area contributed by atoms with E-state index in [0.29, 0.717) is 6.10 Å². The van der Waals surface area contributed by atoms with Gasteiger partial charge in [-0.1, -0.05) is 90.4 Å². The van der Waals surface area contributed by atoms with Gasteiger partial charge in [-0.15, -0.1) is 0 Å². The summed E-state index contributed by atoms with van der Waals surface area (Å²) in [6, 6.07) is 0. The lowest BCUT2D eigenvalue weighted by atomic mass is 10.0. The van der Waals surface area contributed by atoms with E-state index < -0.39 is 0 Å². The highest BCUT2D eigenvalue weighted by molar-refractivity contribution is 7.99. The molecule has 1 unspecified atom stereocenters. The van der Waals surface area contributed by atoms with Crippen LogP contribution in [-0.4, -0.2) is 30.0 Å². The smallest absolute Gasteiger partial charge is 0.163 e. The second-order valence-corrected chi connectivity index (χ2v) is 9.27. The maximum absolute atomic E-state index is 5.83. The first kappa shape index (κ1) is 23.3. The molecule has 0 amide bonds. The Kier molecular flexibility index (Phi) is 14.3. The molecule has 0 aromatic rings. The van der Waals surface area contributed by atoms with Crippen molar-refractivity contribution in [2.75, 3.05) is 18.1 Å². The third-order valence-electron chi connectivity index (χ3n) is 5.01. The SMILES string of the molecule is CCCCCCCCCCCCCCCCSCC1COC(C)(C)O1. The van der Waals surface area contributed by atoms with Crippen LogP contribution in [0.5, 0.6) is 0 Å². The molecule has 1 fully saturated rings. The summed E-state index contributed by atoms with van der Waals surface area (Å²) in [5.41, 5.74) is 0. The van der Waals surface area contributed by atoms with Gasteiger partial charge in [0, 0.05) is 5.75 Å². The van der Waals surface area contributed by atoms with Crippen LogP contribution in [0.4, 0.5) is 0 Å². The number of unbranched alkanes of at least 4 members (excludes halogenated alkanes) is 13. The van der Waals surface area contributed by atoms with E-state index in [1.165, 1.54) is 95.6 Å². The Morgan fingerprint density at radius 3 is 1.68 bits per heavy atom. The summed E-state index contributed by atoms with van der Waals surface area (Å²) in [6.07, 6.45) is 20.4. The Morgan fingerprint density at radius 2 is 1.24 bits per heavy atom. The van der Waals surface area contributed by atoms with E-state index in [4.69, 9.17) is 9.47 Å². The third kappa shape index (κ3) is 14.0. The van der Waals surface area contributed by atoms with Gasteiger partial charge in [-0.3, -0.25) is 0 Å². The maximum Gasteiger partial charge on any atom is 0.163 e. The Hall–Kier alpha value is 0.270. The van der Waals surface area contributed by atoms with Gasteiger partial charge in [0.1, 0.15) is 0 Å². The fourth-order valence-corrected chi connectivity index (χ4v) is 4.46. The first-order valence-corrected chi connectivity index (χ1v) is 12.2. The van der Waals surface area contributed by atoms with E-state index in [1.54, 1.807) is 0 Å². The molecule has 0 saturated carbocycles. The molecule has 1 heterocycles. The van der Waals surface area contributed by atoms with Crippen LogP contribution in [0.2, 0.25) is 0 Å². The molecule has 0 aromatic carbocycles. The molecule has 25 heavy (non-hydrogen) atoms. The normalized spacial score (nSPS) is 19.6. The second kappa shape index (κ2) is 15.3. The summed E-state index contributed by atoms with van der Waals surface area (Å²) in [6.45, 7) is 7.07. The molecule has 1 rings (SSSR count). The van der Waals surface area contributed by atoms with Gasteiger partial charge in [0.2, 0.25) is 0 Å². The Bertz CT molecular complexity index is 294. The van der Waals surface area contributed by atoms with Gasteiger partial charge in [-0.05, 0) is 26.0 Å². The highest BCUT2D eigenvalue weighted by atomic mass is 32.2. The minimum atomic E-state index is -0.361. The summed E-state index contributed by atoms with van der Waals surface area (Å²) in [5, 5.41) is 0. The van der Waals surface area contributed by atoms with Crippen LogP contribution in [0.25, 0.3) is 0 Å². The zero-order valence-corrected chi connectivity index (χ0v) is 18.1. The van der Waals surface area contributed by atoms with Crippen LogP contribution in [0.15, 0.2) is 0 Å². The highest BCUT2D eigenvalue weighted by Gasteiger charge is 2.32. The lowest BCUT2D eigenvalue weighted by Gasteiger charge is -2.16. The van der Waals surface area contributed by atoms with Crippen molar-refractivity contribution < 1.29 is 9.47 Å². The number of hydrogen-bond donors (Lipinski definition) is 0. The number of rotatable bonds is 17. The standard InChI is InChI=1S/C22H44O2S/c1-4-5-6-7-8-9-10-11-12-13-14-15-16-17-18-25-20-21-19-23-22(2,3)24-21/h21H,4-20H2,1-3H3. The fourth-order valence-electron chi connectivity index (χ4n) is 3.46. The van der Waals surface area contributed by atoms with Gasteiger partial charge < -0.3 is 9.47 Å². The molecule has 3 heteroatoms. The minimum absolute atomic E-state index is 0.298. The lowest BCUT2D eigenvalue weighted by Crippen LogP contribution is -2.22. The maximum atomic E-state index is 5.83. The van der Waals surface area contributed by atoms with Crippen molar-refractivity contribution in [1.29, 1.82) is 0 Å². The first-order valence-electron chi connectivity index (χ1n) is 11.0. The molecule has 150 valence electrons. The van der Waals surface area contributed by atoms with Crippen LogP contribution in [-0.2, 0) is 9.47 Å². The summed E-state index contributed by atoms with van der Waals surface area (Å²) >= 11 is 2.03. The van der Waals surface area contributed by atoms with E-state index in [0.717, 1.165) is 12.4 Å². The quantitative estimate of drug-likeness (QED) is 0.249. The van der Waals surface area contributed by atoms with Crippen molar-refractivity contribution in [1.82, 2.24) is 0 Å². The van der Waals surface area contributed by atoms with Crippen LogP contribution in [0.1, 0.15) is 111 Å². The van der Waals surface area contributed by atoms with Crippen molar-refractivity contribution >= 4 is 11.8 Å². The van der Waals surface area contributed by atoms with Crippen molar-refractivity contribution in [3.63, 3.8) is 0 Å². The molecular formula is C22H44O2S. The molecule has 1 atom stereocenters. The molecule has 1 aliphatic rings. The molecule has 0 bridgehead atoms. The highest BCUT2D eigenvalue weighted by Crippen LogP contribution is 2.24. The van der Waals surface area contributed by atoms with Crippen molar-refractivity contribution in [3.8, 4) is 0 Å². The summed E-state index contributed by atoms with van der Waals surface area (Å²) in [5.74, 6) is 2.00. The second-order valence-electron chi connectivity index (χ2n) is 8.12.